The summed E-state index contributed by atoms with van der Waals surface area (Å²) in [7, 11) is 3.29. The molecule has 0 spiro atoms. The second-order valence-electron chi connectivity index (χ2n) is 4.89. The van der Waals surface area contributed by atoms with E-state index >= 15 is 0 Å². The molecule has 0 saturated carbocycles. The minimum Gasteiger partial charge on any atom is -0.508 e. The number of aryl methyl sites for hydroxylation is 1. The fourth-order valence-electron chi connectivity index (χ4n) is 2.21. The highest BCUT2D eigenvalue weighted by Gasteiger charge is 2.04. The van der Waals surface area contributed by atoms with Crippen molar-refractivity contribution in [3.05, 3.63) is 60.0 Å². The van der Waals surface area contributed by atoms with Crippen LogP contribution in [-0.4, -0.2) is 19.3 Å². The number of benzene rings is 2. The Bertz CT molecular complexity index is 561. The number of rotatable bonds is 7. The number of ether oxygens (including phenoxy) is 2. The summed E-state index contributed by atoms with van der Waals surface area (Å²) in [5, 5.41) is 9.24. The van der Waals surface area contributed by atoms with Crippen LogP contribution in [0.3, 0.4) is 0 Å². The van der Waals surface area contributed by atoms with Gasteiger partial charge in [0.25, 0.3) is 0 Å². The van der Waals surface area contributed by atoms with Crippen LogP contribution in [-0.2, 0) is 12.8 Å². The maximum absolute atomic E-state index is 9.24. The van der Waals surface area contributed by atoms with Crippen LogP contribution in [0.1, 0.15) is 17.5 Å². The predicted molar refractivity (Wildman–Crippen MR) is 84.0 cm³/mol. The maximum atomic E-state index is 9.24. The van der Waals surface area contributed by atoms with Crippen LogP contribution in [0, 0.1) is 6.42 Å². The Balaban J connectivity index is 1.82. The fraction of sp³-hybridized carbons (Fsp3) is 0.278. The molecule has 0 heterocycles. The summed E-state index contributed by atoms with van der Waals surface area (Å²) in [5.41, 5.74) is 2.44. The molecule has 3 nitrogen and oxygen atoms in total. The maximum Gasteiger partial charge on any atom is 0.160 e. The Morgan fingerprint density at radius 1 is 0.905 bits per heavy atom. The zero-order chi connectivity index (χ0) is 15.1. The SMILES string of the molecule is COc1ccc(C[CH]CCc2ccc(O)cc2)cc1OC. The zero-order valence-corrected chi connectivity index (χ0v) is 12.5. The third-order valence-electron chi connectivity index (χ3n) is 3.40. The minimum atomic E-state index is 0.313. The van der Waals surface area contributed by atoms with Gasteiger partial charge >= 0.3 is 0 Å². The van der Waals surface area contributed by atoms with Gasteiger partial charge in [0.15, 0.2) is 11.5 Å². The number of methoxy groups -OCH3 is 2. The summed E-state index contributed by atoms with van der Waals surface area (Å²) in [6.07, 6.45) is 5.14. The Kier molecular flexibility index (Phi) is 5.50. The van der Waals surface area contributed by atoms with Crippen molar-refractivity contribution in [3.8, 4) is 17.2 Å². The first-order chi connectivity index (χ1) is 10.2. The second kappa shape index (κ2) is 7.58. The number of phenolic OH excluding ortho intramolecular Hbond substituents is 1. The lowest BCUT2D eigenvalue weighted by Gasteiger charge is -2.09. The van der Waals surface area contributed by atoms with E-state index in [9.17, 15) is 5.11 Å². The predicted octanol–water partition coefficient (Wildman–Crippen LogP) is 3.79. The molecule has 0 aliphatic carbocycles. The average Bonchev–Trinajstić information content (AvgIpc) is 2.53. The topological polar surface area (TPSA) is 38.7 Å². The van der Waals surface area contributed by atoms with Crippen molar-refractivity contribution in [2.24, 2.45) is 0 Å². The van der Waals surface area contributed by atoms with E-state index in [0.29, 0.717) is 5.75 Å². The van der Waals surface area contributed by atoms with Crippen molar-refractivity contribution < 1.29 is 14.6 Å². The molecule has 1 radical (unpaired) electrons. The van der Waals surface area contributed by atoms with Gasteiger partial charge in [-0.3, -0.25) is 0 Å². The van der Waals surface area contributed by atoms with Gasteiger partial charge in [0.2, 0.25) is 0 Å². The van der Waals surface area contributed by atoms with Gasteiger partial charge in [-0.1, -0.05) is 18.2 Å². The van der Waals surface area contributed by atoms with E-state index in [4.69, 9.17) is 9.47 Å². The number of phenols is 1. The fourth-order valence-corrected chi connectivity index (χ4v) is 2.21. The Morgan fingerprint density at radius 3 is 2.24 bits per heavy atom. The van der Waals surface area contributed by atoms with Crippen LogP contribution in [0.15, 0.2) is 42.5 Å². The number of hydrogen-bond acceptors (Lipinski definition) is 3. The molecule has 2 aromatic carbocycles. The molecule has 0 atom stereocenters. The van der Waals surface area contributed by atoms with Crippen LogP contribution in [0.5, 0.6) is 17.2 Å². The summed E-state index contributed by atoms with van der Waals surface area (Å²) >= 11 is 0. The van der Waals surface area contributed by atoms with Crippen molar-refractivity contribution in [2.75, 3.05) is 14.2 Å². The van der Waals surface area contributed by atoms with E-state index in [1.807, 2.05) is 24.3 Å². The molecule has 21 heavy (non-hydrogen) atoms. The molecular formula is C18H21O3. The average molecular weight is 285 g/mol. The number of aromatic hydroxyl groups is 1. The van der Waals surface area contributed by atoms with Gasteiger partial charge in [0, 0.05) is 0 Å². The largest absolute Gasteiger partial charge is 0.508 e. The highest BCUT2D eigenvalue weighted by atomic mass is 16.5. The van der Waals surface area contributed by atoms with E-state index in [2.05, 4.69) is 12.5 Å². The molecule has 3 heteroatoms. The van der Waals surface area contributed by atoms with Crippen molar-refractivity contribution in [2.45, 2.75) is 19.3 Å². The van der Waals surface area contributed by atoms with Gasteiger partial charge < -0.3 is 14.6 Å². The molecule has 1 N–H and O–H groups in total. The van der Waals surface area contributed by atoms with Crippen molar-refractivity contribution in [1.29, 1.82) is 0 Å². The summed E-state index contributed by atoms with van der Waals surface area (Å²) in [5.74, 6) is 1.83. The third-order valence-corrected chi connectivity index (χ3v) is 3.40. The van der Waals surface area contributed by atoms with E-state index in [1.54, 1.807) is 26.4 Å². The first kappa shape index (κ1) is 15.2. The Hall–Kier alpha value is -2.16. The van der Waals surface area contributed by atoms with Gasteiger partial charge in [-0.15, -0.1) is 0 Å². The zero-order valence-electron chi connectivity index (χ0n) is 12.5. The smallest absolute Gasteiger partial charge is 0.160 e. The lowest BCUT2D eigenvalue weighted by Crippen LogP contribution is -1.94. The normalized spacial score (nSPS) is 10.4. The van der Waals surface area contributed by atoms with Gasteiger partial charge in [-0.05, 0) is 61.1 Å². The van der Waals surface area contributed by atoms with Crippen LogP contribution >= 0.6 is 0 Å². The van der Waals surface area contributed by atoms with Crippen molar-refractivity contribution in [1.82, 2.24) is 0 Å². The standard InChI is InChI=1S/C18H21O3/c1-20-17-12-9-15(13-18(17)21-2)6-4-3-5-14-7-10-16(19)11-8-14/h4,7-13,19H,3,5-6H2,1-2H3. The number of unbranched alkanes of at least 4 members (excludes halogenated alkanes) is 1. The van der Waals surface area contributed by atoms with Crippen LogP contribution < -0.4 is 9.47 Å². The minimum absolute atomic E-state index is 0.313. The van der Waals surface area contributed by atoms with E-state index in [1.165, 1.54) is 11.1 Å². The second-order valence-corrected chi connectivity index (χ2v) is 4.89. The van der Waals surface area contributed by atoms with Gasteiger partial charge in [-0.2, -0.15) is 0 Å². The highest BCUT2D eigenvalue weighted by molar-refractivity contribution is 5.43. The lowest BCUT2D eigenvalue weighted by molar-refractivity contribution is 0.354. The molecule has 0 fully saturated rings. The van der Waals surface area contributed by atoms with Crippen molar-refractivity contribution >= 4 is 0 Å². The molecule has 0 aromatic heterocycles. The van der Waals surface area contributed by atoms with E-state index in [-0.39, 0.29) is 0 Å². The van der Waals surface area contributed by atoms with E-state index in [0.717, 1.165) is 30.8 Å². The Labute approximate surface area is 126 Å². The third kappa shape index (κ3) is 4.42. The van der Waals surface area contributed by atoms with Crippen LogP contribution in [0.25, 0.3) is 0 Å². The summed E-state index contributed by atoms with van der Waals surface area (Å²) in [4.78, 5) is 0. The lowest BCUT2D eigenvalue weighted by atomic mass is 10.0. The van der Waals surface area contributed by atoms with Gasteiger partial charge in [0.05, 0.1) is 14.2 Å². The molecule has 111 valence electrons. The number of hydrogen-bond donors (Lipinski definition) is 1. The van der Waals surface area contributed by atoms with E-state index < -0.39 is 0 Å². The van der Waals surface area contributed by atoms with Crippen molar-refractivity contribution in [3.63, 3.8) is 0 Å². The monoisotopic (exact) mass is 285 g/mol. The van der Waals surface area contributed by atoms with Crippen LogP contribution in [0.2, 0.25) is 0 Å². The molecule has 0 saturated heterocycles. The first-order valence-corrected chi connectivity index (χ1v) is 7.03. The molecule has 0 aliphatic rings. The molecule has 0 bridgehead atoms. The first-order valence-electron chi connectivity index (χ1n) is 7.03. The molecule has 2 aromatic rings. The molecular weight excluding hydrogens is 264 g/mol. The molecule has 2 rings (SSSR count). The molecule has 0 aliphatic heterocycles. The summed E-state index contributed by atoms with van der Waals surface area (Å²) < 4.78 is 10.5. The van der Waals surface area contributed by atoms with Gasteiger partial charge in [0.1, 0.15) is 5.75 Å². The Morgan fingerprint density at radius 2 is 1.57 bits per heavy atom. The highest BCUT2D eigenvalue weighted by Crippen LogP contribution is 2.28. The molecule has 0 unspecified atom stereocenters. The summed E-state index contributed by atoms with van der Waals surface area (Å²) in [6, 6.07) is 13.4. The summed E-state index contributed by atoms with van der Waals surface area (Å²) in [6.45, 7) is 0. The molecule has 0 amide bonds. The quantitative estimate of drug-likeness (QED) is 0.787. The van der Waals surface area contributed by atoms with Crippen LogP contribution in [0.4, 0.5) is 0 Å². The van der Waals surface area contributed by atoms with Gasteiger partial charge in [-0.25, -0.2) is 0 Å².